The van der Waals surface area contributed by atoms with Gasteiger partial charge in [-0.1, -0.05) is 0 Å². The van der Waals surface area contributed by atoms with Crippen molar-refractivity contribution in [2.75, 3.05) is 38.3 Å². The molecule has 2 aromatic rings. The number of methoxy groups -OCH3 is 1. The van der Waals surface area contributed by atoms with Gasteiger partial charge in [0.15, 0.2) is 0 Å². The van der Waals surface area contributed by atoms with Gasteiger partial charge in [0.2, 0.25) is 0 Å². The first-order valence-corrected chi connectivity index (χ1v) is 7.39. The number of azo groups is 1. The fraction of sp³-hybridized carbons (Fsp3) is 0.294. The van der Waals surface area contributed by atoms with Crippen LogP contribution in [-0.4, -0.2) is 43.6 Å². The largest absolute Gasteiger partial charge is 0.497 e. The summed E-state index contributed by atoms with van der Waals surface area (Å²) in [6, 6.07) is 14.8. The lowest BCUT2D eigenvalue weighted by molar-refractivity contribution is 0.281. The van der Waals surface area contributed by atoms with E-state index in [9.17, 15) is 0 Å². The van der Waals surface area contributed by atoms with Crippen LogP contribution in [0.3, 0.4) is 0 Å². The summed E-state index contributed by atoms with van der Waals surface area (Å²) < 4.78 is 5.09. The predicted octanol–water partition coefficient (Wildman–Crippen LogP) is 2.90. The van der Waals surface area contributed by atoms with Crippen molar-refractivity contribution in [3.05, 3.63) is 48.5 Å². The molecule has 0 atom stereocenters. The Morgan fingerprint density at radius 1 is 0.826 bits per heavy atom. The van der Waals surface area contributed by atoms with E-state index in [1.165, 1.54) is 0 Å². The molecule has 0 bridgehead atoms. The maximum Gasteiger partial charge on any atom is 0.119 e. The quantitative estimate of drug-likeness (QED) is 0.734. The Kier molecular flexibility index (Phi) is 6.53. The van der Waals surface area contributed by atoms with Crippen molar-refractivity contribution in [3.8, 4) is 5.75 Å². The predicted molar refractivity (Wildman–Crippen MR) is 90.0 cm³/mol. The number of hydrogen-bond acceptors (Lipinski definition) is 6. The van der Waals surface area contributed by atoms with Gasteiger partial charge in [0.05, 0.1) is 31.7 Å². The summed E-state index contributed by atoms with van der Waals surface area (Å²) in [5, 5.41) is 26.5. The van der Waals surface area contributed by atoms with E-state index >= 15 is 0 Å². The molecule has 0 aliphatic heterocycles. The number of benzene rings is 2. The molecule has 0 radical (unpaired) electrons. The van der Waals surface area contributed by atoms with Crippen LogP contribution in [0.4, 0.5) is 17.1 Å². The van der Waals surface area contributed by atoms with Crippen LogP contribution < -0.4 is 9.64 Å². The third kappa shape index (κ3) is 5.05. The standard InChI is InChI=1S/C17H21N3O3/c1-23-17-8-4-15(5-9-17)19-18-14-2-6-16(7-3-14)20(10-12-21)11-13-22/h2-9,21-22H,10-13H2,1H3/b19-18+. The van der Waals surface area contributed by atoms with Crippen LogP contribution in [-0.2, 0) is 0 Å². The number of rotatable bonds is 8. The summed E-state index contributed by atoms with van der Waals surface area (Å²) in [5.41, 5.74) is 2.41. The fourth-order valence-electron chi connectivity index (χ4n) is 2.11. The SMILES string of the molecule is COc1ccc(/N=N/c2ccc(N(CCO)CCO)cc2)cc1. The molecule has 2 rings (SSSR count). The minimum atomic E-state index is 0.0406. The molecule has 0 unspecified atom stereocenters. The van der Waals surface area contributed by atoms with Gasteiger partial charge < -0.3 is 19.8 Å². The summed E-state index contributed by atoms with van der Waals surface area (Å²) in [6.07, 6.45) is 0. The van der Waals surface area contributed by atoms with E-state index in [1.807, 2.05) is 53.4 Å². The highest BCUT2D eigenvalue weighted by molar-refractivity contribution is 5.53. The van der Waals surface area contributed by atoms with E-state index in [-0.39, 0.29) is 13.2 Å². The van der Waals surface area contributed by atoms with Gasteiger partial charge in [-0.2, -0.15) is 10.2 Å². The third-order valence-corrected chi connectivity index (χ3v) is 3.31. The van der Waals surface area contributed by atoms with Crippen molar-refractivity contribution in [2.45, 2.75) is 0 Å². The number of hydrogen-bond donors (Lipinski definition) is 2. The van der Waals surface area contributed by atoms with Crippen molar-refractivity contribution in [2.24, 2.45) is 10.2 Å². The molecule has 0 heterocycles. The van der Waals surface area contributed by atoms with Crippen LogP contribution >= 0.6 is 0 Å². The summed E-state index contributed by atoms with van der Waals surface area (Å²) >= 11 is 0. The maximum absolute atomic E-state index is 9.06. The van der Waals surface area contributed by atoms with Crippen LogP contribution in [0.15, 0.2) is 58.8 Å². The number of nitrogens with zero attached hydrogens (tertiary/aromatic N) is 3. The highest BCUT2D eigenvalue weighted by Gasteiger charge is 2.04. The van der Waals surface area contributed by atoms with Crippen molar-refractivity contribution in [1.29, 1.82) is 0 Å². The zero-order valence-corrected chi connectivity index (χ0v) is 13.1. The highest BCUT2D eigenvalue weighted by atomic mass is 16.5. The molecular formula is C17H21N3O3. The average Bonchev–Trinajstić information content (AvgIpc) is 2.61. The first-order valence-electron chi connectivity index (χ1n) is 7.39. The van der Waals surface area contributed by atoms with E-state index in [0.717, 1.165) is 22.8 Å². The summed E-state index contributed by atoms with van der Waals surface area (Å²) in [5.74, 6) is 0.779. The zero-order valence-electron chi connectivity index (χ0n) is 13.1. The summed E-state index contributed by atoms with van der Waals surface area (Å²) in [7, 11) is 1.62. The molecule has 0 spiro atoms. The van der Waals surface area contributed by atoms with E-state index in [0.29, 0.717) is 13.1 Å². The Bertz CT molecular complexity index is 606. The summed E-state index contributed by atoms with van der Waals surface area (Å²) in [4.78, 5) is 1.91. The highest BCUT2D eigenvalue weighted by Crippen LogP contribution is 2.23. The molecule has 0 fully saturated rings. The Morgan fingerprint density at radius 3 is 1.74 bits per heavy atom. The Hall–Kier alpha value is -2.44. The van der Waals surface area contributed by atoms with Gasteiger partial charge in [-0.3, -0.25) is 0 Å². The molecule has 23 heavy (non-hydrogen) atoms. The van der Waals surface area contributed by atoms with Gasteiger partial charge in [0, 0.05) is 18.8 Å². The third-order valence-electron chi connectivity index (χ3n) is 3.31. The lowest BCUT2D eigenvalue weighted by Crippen LogP contribution is -2.29. The Morgan fingerprint density at radius 2 is 1.30 bits per heavy atom. The van der Waals surface area contributed by atoms with Gasteiger partial charge >= 0.3 is 0 Å². The number of aliphatic hydroxyl groups is 2. The van der Waals surface area contributed by atoms with Gasteiger partial charge in [-0.15, -0.1) is 0 Å². The molecule has 6 heteroatoms. The van der Waals surface area contributed by atoms with E-state index in [4.69, 9.17) is 14.9 Å². The molecular weight excluding hydrogens is 294 g/mol. The van der Waals surface area contributed by atoms with Crippen LogP contribution in [0.1, 0.15) is 0 Å². The topological polar surface area (TPSA) is 77.7 Å². The molecule has 0 amide bonds. The molecule has 0 saturated heterocycles. The molecule has 122 valence electrons. The molecule has 2 aromatic carbocycles. The van der Waals surface area contributed by atoms with Gasteiger partial charge in [0.1, 0.15) is 5.75 Å². The number of anilines is 1. The van der Waals surface area contributed by atoms with Gasteiger partial charge in [-0.05, 0) is 48.5 Å². The van der Waals surface area contributed by atoms with Crippen LogP contribution in [0, 0.1) is 0 Å². The lowest BCUT2D eigenvalue weighted by atomic mass is 10.2. The second kappa shape index (κ2) is 8.87. The molecule has 6 nitrogen and oxygen atoms in total. The maximum atomic E-state index is 9.06. The number of ether oxygens (including phenoxy) is 1. The molecule has 2 N–H and O–H groups in total. The first-order chi connectivity index (χ1) is 11.3. The van der Waals surface area contributed by atoms with Crippen LogP contribution in [0.25, 0.3) is 0 Å². The van der Waals surface area contributed by atoms with Crippen LogP contribution in [0.5, 0.6) is 5.75 Å². The minimum Gasteiger partial charge on any atom is -0.497 e. The minimum absolute atomic E-state index is 0.0406. The van der Waals surface area contributed by atoms with Crippen molar-refractivity contribution >= 4 is 17.1 Å². The zero-order chi connectivity index (χ0) is 16.5. The van der Waals surface area contributed by atoms with Crippen LogP contribution in [0.2, 0.25) is 0 Å². The van der Waals surface area contributed by atoms with Crippen molar-refractivity contribution < 1.29 is 14.9 Å². The first kappa shape index (κ1) is 16.9. The smallest absolute Gasteiger partial charge is 0.119 e. The van der Waals surface area contributed by atoms with Gasteiger partial charge in [0.25, 0.3) is 0 Å². The normalized spacial score (nSPS) is 10.9. The fourth-order valence-corrected chi connectivity index (χ4v) is 2.11. The molecule has 0 aliphatic rings. The lowest BCUT2D eigenvalue weighted by Gasteiger charge is -2.22. The van der Waals surface area contributed by atoms with Crippen molar-refractivity contribution in [1.82, 2.24) is 0 Å². The Labute approximate surface area is 135 Å². The average molecular weight is 315 g/mol. The Balaban J connectivity index is 2.04. The van der Waals surface area contributed by atoms with E-state index in [1.54, 1.807) is 7.11 Å². The molecule has 0 aromatic heterocycles. The number of aliphatic hydroxyl groups excluding tert-OH is 2. The van der Waals surface area contributed by atoms with Gasteiger partial charge in [-0.25, -0.2) is 0 Å². The monoisotopic (exact) mass is 315 g/mol. The van der Waals surface area contributed by atoms with E-state index < -0.39 is 0 Å². The summed E-state index contributed by atoms with van der Waals surface area (Å²) in [6.45, 7) is 1.04. The second-order valence-electron chi connectivity index (χ2n) is 4.85. The second-order valence-corrected chi connectivity index (χ2v) is 4.85. The molecule has 0 saturated carbocycles. The van der Waals surface area contributed by atoms with E-state index in [2.05, 4.69) is 10.2 Å². The van der Waals surface area contributed by atoms with Crippen molar-refractivity contribution in [3.63, 3.8) is 0 Å². The molecule has 0 aliphatic carbocycles.